The summed E-state index contributed by atoms with van der Waals surface area (Å²) in [5.41, 5.74) is 8.12. The maximum Gasteiger partial charge on any atom is 0.326 e. The third-order valence-corrected chi connectivity index (χ3v) is 6.42. The molecule has 3 amide bonds. The van der Waals surface area contributed by atoms with Gasteiger partial charge in [-0.25, -0.2) is 9.78 Å². The van der Waals surface area contributed by atoms with Crippen LogP contribution in [0.15, 0.2) is 73.2 Å². The summed E-state index contributed by atoms with van der Waals surface area (Å²) in [5.74, 6) is -4.78. The molecule has 4 unspecified atom stereocenters. The minimum absolute atomic E-state index is 0.0569. The zero-order valence-electron chi connectivity index (χ0n) is 22.7. The fraction of sp³-hybridized carbons (Fsp3) is 0.310. The van der Waals surface area contributed by atoms with Crippen LogP contribution in [0.1, 0.15) is 29.7 Å². The molecule has 0 radical (unpaired) electrons. The van der Waals surface area contributed by atoms with E-state index in [1.54, 1.807) is 30.3 Å². The number of nitrogens with two attached hydrogens (primary N) is 1. The van der Waals surface area contributed by atoms with Gasteiger partial charge in [-0.3, -0.25) is 19.2 Å². The first-order valence-corrected chi connectivity index (χ1v) is 13.3. The van der Waals surface area contributed by atoms with E-state index in [1.807, 2.05) is 30.3 Å². The number of H-pyrrole nitrogens is 1. The Morgan fingerprint density at radius 3 is 1.83 bits per heavy atom. The van der Waals surface area contributed by atoms with E-state index in [-0.39, 0.29) is 25.7 Å². The largest absolute Gasteiger partial charge is 0.481 e. The molecule has 0 spiro atoms. The lowest BCUT2D eigenvalue weighted by Gasteiger charge is -2.25. The van der Waals surface area contributed by atoms with E-state index in [0.717, 1.165) is 5.56 Å². The fourth-order valence-corrected chi connectivity index (χ4v) is 4.20. The molecule has 42 heavy (non-hydrogen) atoms. The molecule has 0 saturated heterocycles. The second-order valence-electron chi connectivity index (χ2n) is 9.72. The number of amides is 3. The van der Waals surface area contributed by atoms with Gasteiger partial charge in [0.2, 0.25) is 17.7 Å². The van der Waals surface area contributed by atoms with Crippen molar-refractivity contribution >= 4 is 29.7 Å². The molecule has 3 rings (SSSR count). The molecule has 0 fully saturated rings. The fourth-order valence-electron chi connectivity index (χ4n) is 4.20. The SMILES string of the molecule is NC(Cc1ccccc1)C(=O)NC(Cc1ccccc1)C(=O)NC(CCC(=O)O)C(=O)NC(Cc1cnc[nH]1)C(=O)O. The molecule has 8 N–H and O–H groups in total. The van der Waals surface area contributed by atoms with Gasteiger partial charge in [0.25, 0.3) is 0 Å². The van der Waals surface area contributed by atoms with Crippen molar-refractivity contribution in [1.82, 2.24) is 25.9 Å². The number of hydrogen-bond donors (Lipinski definition) is 7. The maximum atomic E-state index is 13.5. The molecule has 0 bridgehead atoms. The van der Waals surface area contributed by atoms with Crippen molar-refractivity contribution in [2.45, 2.75) is 56.3 Å². The highest BCUT2D eigenvalue weighted by Gasteiger charge is 2.31. The van der Waals surface area contributed by atoms with E-state index < -0.39 is 60.2 Å². The monoisotopic (exact) mass is 578 g/mol. The van der Waals surface area contributed by atoms with Gasteiger partial charge in [-0.2, -0.15) is 0 Å². The molecule has 13 nitrogen and oxygen atoms in total. The van der Waals surface area contributed by atoms with E-state index in [4.69, 9.17) is 5.73 Å². The molecule has 1 heterocycles. The number of nitrogens with zero attached hydrogens (tertiary/aromatic N) is 1. The summed E-state index contributed by atoms with van der Waals surface area (Å²) in [7, 11) is 0. The van der Waals surface area contributed by atoms with Gasteiger partial charge in [0.15, 0.2) is 0 Å². The van der Waals surface area contributed by atoms with E-state index in [2.05, 4.69) is 25.9 Å². The summed E-state index contributed by atoms with van der Waals surface area (Å²) in [6.45, 7) is 0. The van der Waals surface area contributed by atoms with Crippen molar-refractivity contribution in [1.29, 1.82) is 0 Å². The lowest BCUT2D eigenvalue weighted by atomic mass is 10.0. The first-order chi connectivity index (χ1) is 20.1. The second kappa shape index (κ2) is 15.7. The molecular weight excluding hydrogens is 544 g/mol. The molecule has 1 aromatic heterocycles. The number of carbonyl (C=O) groups is 5. The number of aromatic amines is 1. The van der Waals surface area contributed by atoms with Crippen molar-refractivity contribution < 1.29 is 34.2 Å². The van der Waals surface area contributed by atoms with Gasteiger partial charge in [-0.15, -0.1) is 0 Å². The number of carbonyl (C=O) groups excluding carboxylic acids is 3. The minimum atomic E-state index is -1.40. The number of hydrogen-bond acceptors (Lipinski definition) is 7. The molecule has 0 saturated carbocycles. The lowest BCUT2D eigenvalue weighted by Crippen LogP contribution is -2.58. The van der Waals surface area contributed by atoms with Crippen molar-refractivity contribution in [2.75, 3.05) is 0 Å². The van der Waals surface area contributed by atoms with Crippen LogP contribution >= 0.6 is 0 Å². The van der Waals surface area contributed by atoms with Gasteiger partial charge >= 0.3 is 11.9 Å². The van der Waals surface area contributed by atoms with Gasteiger partial charge in [0, 0.05) is 31.2 Å². The third kappa shape index (κ3) is 10.2. The van der Waals surface area contributed by atoms with Crippen LogP contribution in [-0.2, 0) is 43.2 Å². The predicted molar refractivity (Wildman–Crippen MR) is 151 cm³/mol. The van der Waals surface area contributed by atoms with Crippen molar-refractivity contribution in [3.8, 4) is 0 Å². The molecular formula is C29H34N6O7. The average Bonchev–Trinajstić information content (AvgIpc) is 3.48. The van der Waals surface area contributed by atoms with Crippen LogP contribution in [0.5, 0.6) is 0 Å². The molecule has 0 aliphatic carbocycles. The van der Waals surface area contributed by atoms with Crippen LogP contribution in [-0.4, -0.2) is 74.0 Å². The summed E-state index contributed by atoms with van der Waals surface area (Å²) >= 11 is 0. The highest BCUT2D eigenvalue weighted by atomic mass is 16.4. The van der Waals surface area contributed by atoms with Crippen LogP contribution < -0.4 is 21.7 Å². The Bertz CT molecular complexity index is 1340. The second-order valence-corrected chi connectivity index (χ2v) is 9.72. The number of aliphatic carboxylic acids is 2. The number of imidazole rings is 1. The highest BCUT2D eigenvalue weighted by molar-refractivity contribution is 5.94. The lowest BCUT2D eigenvalue weighted by molar-refractivity contribution is -0.143. The Labute approximate surface area is 241 Å². The molecule has 2 aromatic carbocycles. The van der Waals surface area contributed by atoms with Gasteiger partial charge in [-0.1, -0.05) is 60.7 Å². The number of nitrogens with one attached hydrogen (secondary N) is 4. The van der Waals surface area contributed by atoms with E-state index in [1.165, 1.54) is 12.5 Å². The molecule has 4 atom stereocenters. The summed E-state index contributed by atoms with van der Waals surface area (Å²) in [6, 6.07) is 13.1. The van der Waals surface area contributed by atoms with E-state index in [0.29, 0.717) is 11.3 Å². The molecule has 13 heteroatoms. The quantitative estimate of drug-likeness (QED) is 0.123. The summed E-state index contributed by atoms with van der Waals surface area (Å²) in [5, 5.41) is 26.3. The summed E-state index contributed by atoms with van der Waals surface area (Å²) < 4.78 is 0. The Balaban J connectivity index is 1.76. The summed E-state index contributed by atoms with van der Waals surface area (Å²) in [6.07, 6.45) is 2.14. The van der Waals surface area contributed by atoms with E-state index in [9.17, 15) is 34.2 Å². The number of aromatic nitrogens is 2. The number of carboxylic acid groups (broad SMARTS) is 2. The molecule has 3 aromatic rings. The van der Waals surface area contributed by atoms with Crippen LogP contribution in [0.4, 0.5) is 0 Å². The molecule has 0 aliphatic heterocycles. The zero-order valence-corrected chi connectivity index (χ0v) is 22.7. The summed E-state index contributed by atoms with van der Waals surface area (Å²) in [4.78, 5) is 69.3. The van der Waals surface area contributed by atoms with Crippen molar-refractivity contribution in [2.24, 2.45) is 5.73 Å². The zero-order chi connectivity index (χ0) is 30.5. The number of rotatable bonds is 16. The number of carboxylic acids is 2. The topological polar surface area (TPSA) is 217 Å². The van der Waals surface area contributed by atoms with Crippen LogP contribution in [0.25, 0.3) is 0 Å². The van der Waals surface area contributed by atoms with Crippen LogP contribution in [0.2, 0.25) is 0 Å². The Kier molecular flexibility index (Phi) is 11.7. The predicted octanol–water partition coefficient (Wildman–Crippen LogP) is 0.169. The Hall–Kier alpha value is -5.04. The molecule has 222 valence electrons. The molecule has 0 aliphatic rings. The number of benzene rings is 2. The van der Waals surface area contributed by atoms with Gasteiger partial charge in [0.05, 0.1) is 12.4 Å². The standard InChI is InChI=1S/C29H34N6O7/c30-21(13-18-7-3-1-4-8-18)26(38)34-23(14-19-9-5-2-6-10-19)28(40)33-22(11-12-25(36)37)27(39)35-24(29(41)42)15-20-16-31-17-32-20/h1-10,16-17,21-24H,11-15,30H2,(H,31,32)(H,33,40)(H,34,38)(H,35,39)(H,36,37)(H,41,42). The smallest absolute Gasteiger partial charge is 0.326 e. The maximum absolute atomic E-state index is 13.5. The third-order valence-electron chi connectivity index (χ3n) is 6.42. The minimum Gasteiger partial charge on any atom is -0.481 e. The normalized spacial score (nSPS) is 13.6. The van der Waals surface area contributed by atoms with Gasteiger partial charge < -0.3 is 36.9 Å². The van der Waals surface area contributed by atoms with Crippen LogP contribution in [0, 0.1) is 0 Å². The van der Waals surface area contributed by atoms with Gasteiger partial charge in [0.1, 0.15) is 18.1 Å². The average molecular weight is 579 g/mol. The Morgan fingerprint density at radius 2 is 1.29 bits per heavy atom. The van der Waals surface area contributed by atoms with E-state index >= 15 is 0 Å². The van der Waals surface area contributed by atoms with Crippen molar-refractivity contribution in [3.05, 3.63) is 90.0 Å². The highest BCUT2D eigenvalue weighted by Crippen LogP contribution is 2.08. The Morgan fingerprint density at radius 1 is 0.738 bits per heavy atom. The van der Waals surface area contributed by atoms with Crippen LogP contribution in [0.3, 0.4) is 0 Å². The van der Waals surface area contributed by atoms with Gasteiger partial charge in [-0.05, 0) is 24.0 Å². The first-order valence-electron chi connectivity index (χ1n) is 13.3. The first kappa shape index (κ1) is 31.5. The van der Waals surface area contributed by atoms with Crippen molar-refractivity contribution in [3.63, 3.8) is 0 Å².